The molecule has 1 aromatic heterocycles. The van der Waals surface area contributed by atoms with Gasteiger partial charge in [0.2, 0.25) is 0 Å². The fourth-order valence-electron chi connectivity index (χ4n) is 4.08. The third kappa shape index (κ3) is 4.62. The zero-order valence-corrected chi connectivity index (χ0v) is 18.0. The van der Waals surface area contributed by atoms with E-state index in [0.717, 1.165) is 22.9 Å². The molecule has 4 rings (SSSR count). The Balaban J connectivity index is 1.45. The van der Waals surface area contributed by atoms with E-state index in [2.05, 4.69) is 9.88 Å². The molecule has 1 aromatic carbocycles. The first-order valence-electron chi connectivity index (χ1n) is 9.93. The van der Waals surface area contributed by atoms with E-state index in [4.69, 9.17) is 0 Å². The Morgan fingerprint density at radius 3 is 2.59 bits per heavy atom. The molecule has 0 spiro atoms. The normalized spacial score (nSPS) is 18.3. The third-order valence-electron chi connectivity index (χ3n) is 5.61. The highest BCUT2D eigenvalue weighted by Gasteiger charge is 2.29. The summed E-state index contributed by atoms with van der Waals surface area (Å²) in [5, 5.41) is 13.5. The predicted molar refractivity (Wildman–Crippen MR) is 114 cm³/mol. The molecule has 0 atom stereocenters. The fraction of sp³-hybridized carbons (Fsp3) is 0.500. The maximum atomic E-state index is 12.9. The molecule has 1 amide bonds. The molecule has 0 saturated carbocycles. The first kappa shape index (κ1) is 20.3. The molecule has 0 bridgehead atoms. The Morgan fingerprint density at radius 1 is 1.24 bits per heavy atom. The van der Waals surface area contributed by atoms with E-state index in [0.29, 0.717) is 29.6 Å². The summed E-state index contributed by atoms with van der Waals surface area (Å²) >= 11 is 2.73. The van der Waals surface area contributed by atoms with Crippen molar-refractivity contribution in [1.82, 2.24) is 14.8 Å². The molecule has 154 valence electrons. The van der Waals surface area contributed by atoms with Crippen molar-refractivity contribution >= 4 is 34.7 Å². The molecule has 3 heterocycles. The van der Waals surface area contributed by atoms with Gasteiger partial charge < -0.3 is 9.80 Å². The second-order valence-corrected chi connectivity index (χ2v) is 9.71. The molecule has 2 aliphatic heterocycles. The number of nitro groups is 1. The van der Waals surface area contributed by atoms with Crippen LogP contribution in [0.2, 0.25) is 0 Å². The van der Waals surface area contributed by atoms with Crippen LogP contribution in [0.4, 0.5) is 5.69 Å². The van der Waals surface area contributed by atoms with Crippen LogP contribution in [0.5, 0.6) is 0 Å². The molecule has 0 unspecified atom stereocenters. The van der Waals surface area contributed by atoms with Crippen LogP contribution >= 0.6 is 23.1 Å². The molecule has 2 aliphatic rings. The maximum Gasteiger partial charge on any atom is 0.284 e. The fourth-order valence-corrected chi connectivity index (χ4v) is 5.95. The molecule has 2 fully saturated rings. The lowest BCUT2D eigenvalue weighted by Gasteiger charge is -2.36. The number of benzene rings is 1. The lowest BCUT2D eigenvalue weighted by Crippen LogP contribution is -2.45. The van der Waals surface area contributed by atoms with Crippen LogP contribution in [-0.4, -0.2) is 57.8 Å². The number of nitro benzene ring substituents is 1. The van der Waals surface area contributed by atoms with Gasteiger partial charge in [-0.2, -0.15) is 0 Å². The Morgan fingerprint density at radius 2 is 1.97 bits per heavy atom. The van der Waals surface area contributed by atoms with Crippen LogP contribution in [-0.2, 0) is 0 Å². The van der Waals surface area contributed by atoms with Gasteiger partial charge in [0, 0.05) is 41.8 Å². The molecule has 0 aliphatic carbocycles. The van der Waals surface area contributed by atoms with Crippen molar-refractivity contribution in [2.24, 2.45) is 0 Å². The monoisotopic (exact) mass is 432 g/mol. The van der Waals surface area contributed by atoms with E-state index in [1.54, 1.807) is 12.1 Å². The topological polar surface area (TPSA) is 79.6 Å². The second kappa shape index (κ2) is 8.81. The highest BCUT2D eigenvalue weighted by molar-refractivity contribution is 8.01. The minimum absolute atomic E-state index is 0.0411. The maximum absolute atomic E-state index is 12.9. The lowest BCUT2D eigenvalue weighted by molar-refractivity contribution is -0.387. The van der Waals surface area contributed by atoms with E-state index in [9.17, 15) is 14.9 Å². The quantitative estimate of drug-likeness (QED) is 0.520. The third-order valence-corrected chi connectivity index (χ3v) is 7.73. The number of thiazole rings is 1. The molecule has 9 heteroatoms. The number of piperidine rings is 1. The Hall–Kier alpha value is -1.97. The second-order valence-electron chi connectivity index (χ2n) is 7.56. The van der Waals surface area contributed by atoms with Gasteiger partial charge in [0.15, 0.2) is 4.34 Å². The van der Waals surface area contributed by atoms with Crippen molar-refractivity contribution in [3.8, 4) is 0 Å². The van der Waals surface area contributed by atoms with Gasteiger partial charge in [-0.25, -0.2) is 4.98 Å². The number of carbonyl (C=O) groups is 1. The molecule has 2 saturated heterocycles. The summed E-state index contributed by atoms with van der Waals surface area (Å²) in [5.41, 5.74) is 1.24. The number of carbonyl (C=O) groups excluding carboxylic acids is 1. The van der Waals surface area contributed by atoms with Crippen LogP contribution in [0.15, 0.2) is 32.8 Å². The number of amides is 1. The van der Waals surface area contributed by atoms with E-state index in [1.165, 1.54) is 55.1 Å². The summed E-state index contributed by atoms with van der Waals surface area (Å²) in [6.45, 7) is 5.65. The van der Waals surface area contributed by atoms with Crippen molar-refractivity contribution in [1.29, 1.82) is 0 Å². The van der Waals surface area contributed by atoms with Crippen LogP contribution in [0, 0.1) is 17.0 Å². The first-order valence-corrected chi connectivity index (χ1v) is 11.6. The van der Waals surface area contributed by atoms with E-state index < -0.39 is 4.92 Å². The minimum Gasteiger partial charge on any atom is -0.339 e. The number of hydrogen-bond acceptors (Lipinski definition) is 7. The van der Waals surface area contributed by atoms with Gasteiger partial charge >= 0.3 is 0 Å². The Labute approximate surface area is 178 Å². The van der Waals surface area contributed by atoms with Gasteiger partial charge in [-0.05, 0) is 57.8 Å². The first-order chi connectivity index (χ1) is 14.0. The van der Waals surface area contributed by atoms with Gasteiger partial charge in [0.1, 0.15) is 0 Å². The number of aryl methyl sites for hydroxylation is 1. The molecule has 2 aromatic rings. The number of hydrogen-bond donors (Lipinski definition) is 0. The van der Waals surface area contributed by atoms with Crippen LogP contribution in [0.3, 0.4) is 0 Å². The van der Waals surface area contributed by atoms with E-state index in [1.807, 2.05) is 17.2 Å². The highest BCUT2D eigenvalue weighted by Crippen LogP contribution is 2.37. The largest absolute Gasteiger partial charge is 0.339 e. The number of rotatable bonds is 5. The molecule has 0 N–H and O–H groups in total. The smallest absolute Gasteiger partial charge is 0.284 e. The number of likely N-dealkylation sites (tertiary alicyclic amines) is 2. The van der Waals surface area contributed by atoms with Crippen molar-refractivity contribution < 1.29 is 9.72 Å². The van der Waals surface area contributed by atoms with E-state index >= 15 is 0 Å². The summed E-state index contributed by atoms with van der Waals surface area (Å²) in [6.07, 6.45) is 4.50. The average Bonchev–Trinajstić information content (AvgIpc) is 3.40. The average molecular weight is 433 g/mol. The summed E-state index contributed by atoms with van der Waals surface area (Å²) in [4.78, 5) is 33.4. The SMILES string of the molecule is Cc1csc(Sc2ccc(C(=O)N3CCC(N4CCCC4)CC3)cc2[N+](=O)[O-])n1. The van der Waals surface area contributed by atoms with Crippen LogP contribution < -0.4 is 0 Å². The highest BCUT2D eigenvalue weighted by atomic mass is 32.2. The van der Waals surface area contributed by atoms with Crippen molar-refractivity contribution in [2.45, 2.75) is 47.9 Å². The van der Waals surface area contributed by atoms with Crippen molar-refractivity contribution in [2.75, 3.05) is 26.2 Å². The zero-order chi connectivity index (χ0) is 20.4. The van der Waals surface area contributed by atoms with Gasteiger partial charge in [0.25, 0.3) is 11.6 Å². The summed E-state index contributed by atoms with van der Waals surface area (Å²) < 4.78 is 0.758. The van der Waals surface area contributed by atoms with Crippen LogP contribution in [0.1, 0.15) is 41.7 Å². The zero-order valence-electron chi connectivity index (χ0n) is 16.4. The molecule has 7 nitrogen and oxygen atoms in total. The number of aromatic nitrogens is 1. The lowest BCUT2D eigenvalue weighted by atomic mass is 10.0. The molecular formula is C20H24N4O3S2. The Kier molecular flexibility index (Phi) is 6.17. The van der Waals surface area contributed by atoms with Crippen LogP contribution in [0.25, 0.3) is 0 Å². The minimum atomic E-state index is -0.417. The number of nitrogens with zero attached hydrogens (tertiary/aromatic N) is 4. The van der Waals surface area contributed by atoms with Gasteiger partial charge in [-0.15, -0.1) is 11.3 Å². The summed E-state index contributed by atoms with van der Waals surface area (Å²) in [5.74, 6) is -0.116. The van der Waals surface area contributed by atoms with Crippen molar-refractivity contribution in [3.05, 3.63) is 45.0 Å². The Bertz CT molecular complexity index is 903. The summed E-state index contributed by atoms with van der Waals surface area (Å²) in [6, 6.07) is 5.35. The van der Waals surface area contributed by atoms with Crippen molar-refractivity contribution in [3.63, 3.8) is 0 Å². The summed E-state index contributed by atoms with van der Waals surface area (Å²) in [7, 11) is 0. The van der Waals surface area contributed by atoms with Gasteiger partial charge in [-0.3, -0.25) is 14.9 Å². The molecule has 0 radical (unpaired) electrons. The molecule has 29 heavy (non-hydrogen) atoms. The van der Waals surface area contributed by atoms with E-state index in [-0.39, 0.29) is 11.6 Å². The van der Waals surface area contributed by atoms with Gasteiger partial charge in [0.05, 0.1) is 9.82 Å². The van der Waals surface area contributed by atoms with Gasteiger partial charge in [-0.1, -0.05) is 11.8 Å². The predicted octanol–water partition coefficient (Wildman–Crippen LogP) is 4.21. The molecular weight excluding hydrogens is 408 g/mol. The standard InChI is InChI=1S/C20H24N4O3S2/c1-14-13-28-20(21-14)29-18-5-4-15(12-17(18)24(26)27)19(25)23-10-6-16(7-11-23)22-8-2-3-9-22/h4-5,12-13,16H,2-3,6-11H2,1H3.